The van der Waals surface area contributed by atoms with Gasteiger partial charge in [-0.05, 0) is 93.5 Å². The zero-order valence-electron chi connectivity index (χ0n) is 21.1. The lowest BCUT2D eigenvalue weighted by atomic mass is 9.62. The molecule has 0 bridgehead atoms. The van der Waals surface area contributed by atoms with Gasteiger partial charge in [-0.3, -0.25) is 0 Å². The largest absolute Gasteiger partial charge is 0.462 e. The lowest BCUT2D eigenvalue weighted by molar-refractivity contribution is 0.0526. The first-order valence-electron chi connectivity index (χ1n) is 12.1. The summed E-state index contributed by atoms with van der Waals surface area (Å²) in [6.45, 7) is 15.7. The van der Waals surface area contributed by atoms with E-state index < -0.39 is 0 Å². The minimum Gasteiger partial charge on any atom is -0.462 e. The van der Waals surface area contributed by atoms with Crippen molar-refractivity contribution in [3.05, 3.63) is 70.8 Å². The molecule has 0 aromatic heterocycles. The van der Waals surface area contributed by atoms with E-state index in [2.05, 4.69) is 67.9 Å². The van der Waals surface area contributed by atoms with Gasteiger partial charge in [0.15, 0.2) is 0 Å². The Bertz CT molecular complexity index is 1140. The van der Waals surface area contributed by atoms with E-state index in [1.54, 1.807) is 0 Å². The number of hydrogen-bond donors (Lipinski definition) is 0. The van der Waals surface area contributed by atoms with Crippen LogP contribution in [0.5, 0.6) is 0 Å². The number of carbonyl (C=O) groups is 1. The maximum Gasteiger partial charge on any atom is 0.338 e. The van der Waals surface area contributed by atoms with E-state index in [0.717, 1.165) is 10.9 Å². The van der Waals surface area contributed by atoms with Crippen LogP contribution < -0.4 is 0 Å². The highest BCUT2D eigenvalue weighted by molar-refractivity contribution is 9.08. The monoisotopic (exact) mass is 508 g/mol. The fourth-order valence-corrected chi connectivity index (χ4v) is 5.26. The predicted molar refractivity (Wildman–Crippen MR) is 145 cm³/mol. The SMILES string of the molecule is CC.CCOC(=O)c1ccc(-c2cc(CBr)c3cc4c(cc3c2)C(C)(C)CCC4(C)C)cc1. The summed E-state index contributed by atoms with van der Waals surface area (Å²) < 4.78 is 5.11. The van der Waals surface area contributed by atoms with Crippen molar-refractivity contribution in [3.63, 3.8) is 0 Å². The molecule has 0 atom stereocenters. The number of fused-ring (bicyclic) bond motifs is 2. The first-order valence-corrected chi connectivity index (χ1v) is 13.2. The summed E-state index contributed by atoms with van der Waals surface area (Å²) in [6.07, 6.45) is 2.42. The van der Waals surface area contributed by atoms with Crippen molar-refractivity contribution in [2.45, 2.75) is 77.5 Å². The molecule has 0 spiro atoms. The van der Waals surface area contributed by atoms with Gasteiger partial charge in [0.1, 0.15) is 0 Å². The normalized spacial score (nSPS) is 15.9. The highest BCUT2D eigenvalue weighted by Gasteiger charge is 2.37. The number of alkyl halides is 1. The van der Waals surface area contributed by atoms with Crippen LogP contribution in [0.1, 0.15) is 88.4 Å². The molecule has 1 aliphatic carbocycles. The number of benzene rings is 3. The predicted octanol–water partition coefficient (Wildman–Crippen LogP) is 8.95. The standard InChI is InChI=1S/C28H31BrO2.C2H6/c1-6-31-26(30)19-9-7-18(8-10-19)20-13-21-15-24-25(16-23(21)22(14-20)17-29)28(4,5)12-11-27(24,2)3;1-2/h7-10,13-16H,6,11-12,17H2,1-5H3;1-2H3. The lowest BCUT2D eigenvalue weighted by Crippen LogP contribution is -2.33. The molecule has 4 rings (SSSR count). The Kier molecular flexibility index (Phi) is 7.73. The molecule has 0 heterocycles. The molecule has 0 amide bonds. The van der Waals surface area contributed by atoms with E-state index in [1.165, 1.54) is 45.9 Å². The zero-order valence-corrected chi connectivity index (χ0v) is 22.7. The van der Waals surface area contributed by atoms with E-state index in [-0.39, 0.29) is 16.8 Å². The van der Waals surface area contributed by atoms with Gasteiger partial charge in [-0.2, -0.15) is 0 Å². The first kappa shape index (κ1) is 25.5. The van der Waals surface area contributed by atoms with Crippen LogP contribution in [-0.2, 0) is 20.9 Å². The van der Waals surface area contributed by atoms with Gasteiger partial charge in [0.05, 0.1) is 12.2 Å². The van der Waals surface area contributed by atoms with E-state index in [0.29, 0.717) is 12.2 Å². The van der Waals surface area contributed by atoms with Gasteiger partial charge in [0.25, 0.3) is 0 Å². The van der Waals surface area contributed by atoms with Gasteiger partial charge in [-0.1, -0.05) is 81.7 Å². The third-order valence-corrected chi connectivity index (χ3v) is 7.49. The van der Waals surface area contributed by atoms with Crippen molar-refractivity contribution in [3.8, 4) is 11.1 Å². The molecule has 1 aliphatic rings. The van der Waals surface area contributed by atoms with Crippen molar-refractivity contribution >= 4 is 32.7 Å². The van der Waals surface area contributed by atoms with Gasteiger partial charge < -0.3 is 4.74 Å². The Hall–Kier alpha value is -2.13. The lowest BCUT2D eigenvalue weighted by Gasteiger charge is -2.42. The van der Waals surface area contributed by atoms with Crippen LogP contribution in [0.2, 0.25) is 0 Å². The van der Waals surface area contributed by atoms with Crippen LogP contribution in [-0.4, -0.2) is 12.6 Å². The Morgan fingerprint density at radius 1 is 0.879 bits per heavy atom. The van der Waals surface area contributed by atoms with Crippen molar-refractivity contribution in [1.82, 2.24) is 0 Å². The third-order valence-electron chi connectivity index (χ3n) is 6.88. The summed E-state index contributed by atoms with van der Waals surface area (Å²) in [6, 6.07) is 17.1. The molecule has 2 nitrogen and oxygen atoms in total. The Balaban J connectivity index is 0.00000149. The number of rotatable bonds is 4. The fourth-order valence-electron chi connectivity index (χ4n) is 4.79. The van der Waals surface area contributed by atoms with Crippen LogP contribution in [0, 0.1) is 0 Å². The molecular formula is C30H37BrO2. The molecule has 3 aromatic carbocycles. The smallest absolute Gasteiger partial charge is 0.338 e. The summed E-state index contributed by atoms with van der Waals surface area (Å²) >= 11 is 3.72. The molecule has 0 radical (unpaired) electrons. The molecule has 0 saturated carbocycles. The fraction of sp³-hybridized carbons (Fsp3) is 0.433. The maximum absolute atomic E-state index is 12.0. The minimum absolute atomic E-state index is 0.185. The third kappa shape index (κ3) is 5.04. The van der Waals surface area contributed by atoms with Crippen molar-refractivity contribution in [2.75, 3.05) is 6.61 Å². The number of hydrogen-bond acceptors (Lipinski definition) is 2. The van der Waals surface area contributed by atoms with Gasteiger partial charge in [0.2, 0.25) is 0 Å². The molecule has 0 N–H and O–H groups in total. The Morgan fingerprint density at radius 3 is 2.00 bits per heavy atom. The molecule has 0 unspecified atom stereocenters. The second kappa shape index (κ2) is 10.0. The number of carbonyl (C=O) groups excluding carboxylic acids is 1. The Labute approximate surface area is 207 Å². The topological polar surface area (TPSA) is 26.3 Å². The van der Waals surface area contributed by atoms with Crippen LogP contribution >= 0.6 is 15.9 Å². The van der Waals surface area contributed by atoms with Gasteiger partial charge in [-0.15, -0.1) is 0 Å². The average molecular weight is 510 g/mol. The number of halogens is 1. The second-order valence-electron chi connectivity index (χ2n) is 9.95. The summed E-state index contributed by atoms with van der Waals surface area (Å²) in [5, 5.41) is 3.42. The van der Waals surface area contributed by atoms with Gasteiger partial charge >= 0.3 is 5.97 Å². The molecule has 3 heteroatoms. The van der Waals surface area contributed by atoms with Crippen molar-refractivity contribution in [2.24, 2.45) is 0 Å². The second-order valence-corrected chi connectivity index (χ2v) is 10.5. The molecule has 0 saturated heterocycles. The van der Waals surface area contributed by atoms with Gasteiger partial charge in [-0.25, -0.2) is 4.79 Å². The molecule has 33 heavy (non-hydrogen) atoms. The molecule has 0 aliphatic heterocycles. The summed E-state index contributed by atoms with van der Waals surface area (Å²) in [4.78, 5) is 12.0. The number of ether oxygens (including phenoxy) is 1. The maximum atomic E-state index is 12.0. The zero-order chi connectivity index (χ0) is 24.4. The summed E-state index contributed by atoms with van der Waals surface area (Å²) in [5.41, 5.74) is 7.51. The molecular weight excluding hydrogens is 472 g/mol. The molecule has 0 fully saturated rings. The van der Waals surface area contributed by atoms with Crippen LogP contribution in [0.3, 0.4) is 0 Å². The summed E-state index contributed by atoms with van der Waals surface area (Å²) in [5.74, 6) is -0.273. The highest BCUT2D eigenvalue weighted by Crippen LogP contribution is 2.47. The van der Waals surface area contributed by atoms with E-state index in [9.17, 15) is 4.79 Å². The van der Waals surface area contributed by atoms with Crippen LogP contribution in [0.25, 0.3) is 21.9 Å². The van der Waals surface area contributed by atoms with Crippen molar-refractivity contribution in [1.29, 1.82) is 0 Å². The summed E-state index contributed by atoms with van der Waals surface area (Å²) in [7, 11) is 0. The first-order chi connectivity index (χ1) is 15.7. The van der Waals surface area contributed by atoms with E-state index >= 15 is 0 Å². The van der Waals surface area contributed by atoms with Crippen LogP contribution in [0.15, 0.2) is 48.5 Å². The van der Waals surface area contributed by atoms with Crippen molar-refractivity contribution < 1.29 is 9.53 Å². The average Bonchev–Trinajstić information content (AvgIpc) is 2.82. The number of esters is 1. The van der Waals surface area contributed by atoms with E-state index in [4.69, 9.17) is 4.74 Å². The Morgan fingerprint density at radius 2 is 1.45 bits per heavy atom. The van der Waals surface area contributed by atoms with Gasteiger partial charge in [0, 0.05) is 5.33 Å². The quantitative estimate of drug-likeness (QED) is 0.259. The van der Waals surface area contributed by atoms with E-state index in [1.807, 2.05) is 45.0 Å². The molecule has 3 aromatic rings. The highest BCUT2D eigenvalue weighted by atomic mass is 79.9. The molecule has 176 valence electrons. The van der Waals surface area contributed by atoms with Crippen LogP contribution in [0.4, 0.5) is 0 Å². The minimum atomic E-state index is -0.273.